The summed E-state index contributed by atoms with van der Waals surface area (Å²) in [4.78, 5) is 16.3. The number of hydrogen-bond acceptors (Lipinski definition) is 3. The van der Waals surface area contributed by atoms with Crippen molar-refractivity contribution in [1.29, 1.82) is 0 Å². The van der Waals surface area contributed by atoms with Gasteiger partial charge < -0.3 is 10.6 Å². The summed E-state index contributed by atoms with van der Waals surface area (Å²) in [6.45, 7) is 18.3. The van der Waals surface area contributed by atoms with Gasteiger partial charge in [0, 0.05) is 19.6 Å². The summed E-state index contributed by atoms with van der Waals surface area (Å²) >= 11 is 0. The van der Waals surface area contributed by atoms with Gasteiger partial charge in [0.1, 0.15) is 0 Å². The van der Waals surface area contributed by atoms with Gasteiger partial charge in [-0.3, -0.25) is 9.69 Å². The molecule has 0 saturated heterocycles. The second-order valence-electron chi connectivity index (χ2n) is 6.04. The molecule has 2 N–H and O–H groups in total. The van der Waals surface area contributed by atoms with Crippen LogP contribution >= 0.6 is 0 Å². The van der Waals surface area contributed by atoms with Crippen LogP contribution in [0.25, 0.3) is 0 Å². The van der Waals surface area contributed by atoms with Crippen LogP contribution in [-0.2, 0) is 4.79 Å². The van der Waals surface area contributed by atoms with Crippen molar-refractivity contribution in [2.24, 2.45) is 11.1 Å². The fourth-order valence-corrected chi connectivity index (χ4v) is 1.94. The minimum absolute atomic E-state index is 0.0433. The summed E-state index contributed by atoms with van der Waals surface area (Å²) in [5, 5.41) is 0. The lowest BCUT2D eigenvalue weighted by Gasteiger charge is -2.32. The number of nitrogens with zero attached hydrogens (tertiary/aromatic N) is 2. The van der Waals surface area contributed by atoms with Crippen molar-refractivity contribution in [3.8, 4) is 0 Å². The van der Waals surface area contributed by atoms with Crippen LogP contribution in [0.4, 0.5) is 0 Å². The van der Waals surface area contributed by atoms with Gasteiger partial charge in [0.2, 0.25) is 5.91 Å². The van der Waals surface area contributed by atoms with Crippen LogP contribution in [0.3, 0.4) is 0 Å². The van der Waals surface area contributed by atoms with Crippen molar-refractivity contribution >= 4 is 5.91 Å². The molecule has 1 amide bonds. The number of nitrogens with two attached hydrogens (primary N) is 1. The Bertz CT molecular complexity index is 300. The lowest BCUT2D eigenvalue weighted by Crippen LogP contribution is -2.45. The molecule has 0 radical (unpaired) electrons. The first-order valence-electron chi connectivity index (χ1n) is 7.10. The molecule has 4 heteroatoms. The van der Waals surface area contributed by atoms with E-state index in [0.717, 1.165) is 25.2 Å². The maximum atomic E-state index is 12.3. The smallest absolute Gasteiger partial charge is 0.237 e. The molecule has 19 heavy (non-hydrogen) atoms. The second-order valence-corrected chi connectivity index (χ2v) is 6.04. The fourth-order valence-electron chi connectivity index (χ4n) is 1.94. The topological polar surface area (TPSA) is 49.6 Å². The predicted molar refractivity (Wildman–Crippen MR) is 82.0 cm³/mol. The average Bonchev–Trinajstić information content (AvgIpc) is 2.34. The Hall–Kier alpha value is -0.870. The van der Waals surface area contributed by atoms with Gasteiger partial charge in [-0.25, -0.2) is 0 Å². The summed E-state index contributed by atoms with van der Waals surface area (Å²) in [5.41, 5.74) is 6.82. The Labute approximate surface area is 118 Å². The summed E-state index contributed by atoms with van der Waals surface area (Å²) in [6, 6.07) is 0. The lowest BCUT2D eigenvalue weighted by atomic mass is 9.93. The third-order valence-electron chi connectivity index (χ3n) is 3.21. The molecule has 0 fully saturated rings. The highest BCUT2D eigenvalue weighted by atomic mass is 16.2. The Morgan fingerprint density at radius 1 is 1.21 bits per heavy atom. The van der Waals surface area contributed by atoms with Crippen molar-refractivity contribution in [2.45, 2.75) is 34.6 Å². The molecule has 0 atom stereocenters. The number of carbonyl (C=O) groups excluding carboxylic acids is 1. The molecule has 0 aromatic carbocycles. The van der Waals surface area contributed by atoms with Crippen LogP contribution < -0.4 is 5.73 Å². The summed E-state index contributed by atoms with van der Waals surface area (Å²) in [6.07, 6.45) is 0. The fraction of sp³-hybridized carbons (Fsp3) is 0.800. The Balaban J connectivity index is 4.52. The Morgan fingerprint density at radius 3 is 2.16 bits per heavy atom. The van der Waals surface area contributed by atoms with E-state index >= 15 is 0 Å². The van der Waals surface area contributed by atoms with Gasteiger partial charge in [-0.1, -0.05) is 32.9 Å². The number of likely N-dealkylation sites (N-methyl/N-ethyl adjacent to an activating group) is 2. The third-order valence-corrected chi connectivity index (χ3v) is 3.21. The van der Waals surface area contributed by atoms with E-state index in [-0.39, 0.29) is 11.3 Å². The zero-order chi connectivity index (χ0) is 15.1. The Morgan fingerprint density at radius 2 is 1.79 bits per heavy atom. The van der Waals surface area contributed by atoms with Crippen molar-refractivity contribution in [3.63, 3.8) is 0 Å². The van der Waals surface area contributed by atoms with Crippen molar-refractivity contribution in [2.75, 3.05) is 39.3 Å². The molecule has 0 heterocycles. The molecule has 0 aromatic heterocycles. The van der Waals surface area contributed by atoms with E-state index in [1.165, 1.54) is 0 Å². The van der Waals surface area contributed by atoms with Crippen LogP contribution in [-0.4, -0.2) is 55.0 Å². The Kier molecular flexibility index (Phi) is 7.95. The molecule has 0 unspecified atom stereocenters. The molecule has 112 valence electrons. The molecule has 0 aromatic rings. The molecule has 0 rings (SSSR count). The van der Waals surface area contributed by atoms with Crippen molar-refractivity contribution < 1.29 is 4.79 Å². The van der Waals surface area contributed by atoms with Crippen LogP contribution in [0.2, 0.25) is 0 Å². The highest BCUT2D eigenvalue weighted by Crippen LogP contribution is 2.14. The maximum Gasteiger partial charge on any atom is 0.237 e. The molecule has 0 aliphatic rings. The van der Waals surface area contributed by atoms with E-state index in [1.54, 1.807) is 0 Å². The van der Waals surface area contributed by atoms with Crippen LogP contribution in [0.5, 0.6) is 0 Å². The van der Waals surface area contributed by atoms with Gasteiger partial charge in [0.05, 0.1) is 6.54 Å². The zero-order valence-corrected chi connectivity index (χ0v) is 13.3. The molecule has 4 nitrogen and oxygen atoms in total. The second kappa shape index (κ2) is 8.33. The van der Waals surface area contributed by atoms with E-state index in [9.17, 15) is 4.79 Å². The molecule has 0 aliphatic carbocycles. The standard InChI is InChI=1S/C15H31N3O/c1-7-17(12-15(5,6)11-16)10-14(19)18(8-2)9-13(3)4/h3,7-12,16H2,1-2,4-6H3. The summed E-state index contributed by atoms with van der Waals surface area (Å²) in [7, 11) is 0. The van der Waals surface area contributed by atoms with Gasteiger partial charge >= 0.3 is 0 Å². The zero-order valence-electron chi connectivity index (χ0n) is 13.3. The highest BCUT2D eigenvalue weighted by molar-refractivity contribution is 5.78. The first kappa shape index (κ1) is 18.1. The maximum absolute atomic E-state index is 12.3. The first-order valence-corrected chi connectivity index (χ1v) is 7.10. The number of amides is 1. The van der Waals surface area contributed by atoms with E-state index in [2.05, 4.69) is 32.3 Å². The monoisotopic (exact) mass is 269 g/mol. The van der Waals surface area contributed by atoms with Crippen molar-refractivity contribution in [1.82, 2.24) is 9.80 Å². The summed E-state index contributed by atoms with van der Waals surface area (Å²) in [5.74, 6) is 0.167. The van der Waals surface area contributed by atoms with E-state index < -0.39 is 0 Å². The van der Waals surface area contributed by atoms with E-state index in [4.69, 9.17) is 5.73 Å². The molecular formula is C15H31N3O. The molecule has 0 bridgehead atoms. The lowest BCUT2D eigenvalue weighted by molar-refractivity contribution is -0.132. The number of carbonyl (C=O) groups is 1. The van der Waals surface area contributed by atoms with Gasteiger partial charge in [0.15, 0.2) is 0 Å². The van der Waals surface area contributed by atoms with Crippen molar-refractivity contribution in [3.05, 3.63) is 12.2 Å². The minimum Gasteiger partial charge on any atom is -0.338 e. The number of rotatable bonds is 9. The van der Waals surface area contributed by atoms with Gasteiger partial charge in [-0.05, 0) is 32.4 Å². The average molecular weight is 269 g/mol. The van der Waals surface area contributed by atoms with Gasteiger partial charge in [-0.15, -0.1) is 0 Å². The van der Waals surface area contributed by atoms with E-state index in [1.807, 2.05) is 18.7 Å². The first-order chi connectivity index (χ1) is 8.75. The van der Waals surface area contributed by atoms with Crippen LogP contribution in [0, 0.1) is 5.41 Å². The van der Waals surface area contributed by atoms with Crippen LogP contribution in [0.15, 0.2) is 12.2 Å². The largest absolute Gasteiger partial charge is 0.338 e. The van der Waals surface area contributed by atoms with Gasteiger partial charge in [-0.2, -0.15) is 0 Å². The predicted octanol–water partition coefficient (Wildman–Crippen LogP) is 1.72. The van der Waals surface area contributed by atoms with E-state index in [0.29, 0.717) is 19.6 Å². The van der Waals surface area contributed by atoms with Crippen LogP contribution in [0.1, 0.15) is 34.6 Å². The highest BCUT2D eigenvalue weighted by Gasteiger charge is 2.22. The normalized spacial score (nSPS) is 11.7. The molecular weight excluding hydrogens is 238 g/mol. The quantitative estimate of drug-likeness (QED) is 0.648. The number of hydrogen-bond donors (Lipinski definition) is 1. The minimum atomic E-state index is 0.0433. The van der Waals surface area contributed by atoms with Gasteiger partial charge in [0.25, 0.3) is 0 Å². The molecule has 0 spiro atoms. The summed E-state index contributed by atoms with van der Waals surface area (Å²) < 4.78 is 0. The SMILES string of the molecule is C=C(C)CN(CC)C(=O)CN(CC)CC(C)(C)CN. The third kappa shape index (κ3) is 7.33. The molecule has 0 aliphatic heterocycles. The molecule has 0 saturated carbocycles.